The van der Waals surface area contributed by atoms with Crippen LogP contribution in [0.3, 0.4) is 0 Å². The number of benzene rings is 1. The van der Waals surface area contributed by atoms with Crippen LogP contribution in [0.25, 0.3) is 0 Å². The van der Waals surface area contributed by atoms with Crippen molar-refractivity contribution in [3.63, 3.8) is 0 Å². The number of anilines is 1. The van der Waals surface area contributed by atoms with Crippen molar-refractivity contribution < 1.29 is 9.90 Å². The Bertz CT molecular complexity index is 287. The van der Waals surface area contributed by atoms with Crippen LogP contribution in [0.2, 0.25) is 0 Å². The summed E-state index contributed by atoms with van der Waals surface area (Å²) in [6.07, 6.45) is 2.66. The SMILES string of the molecule is CSC(O)CNc1ccc(C=O)cc1. The summed E-state index contributed by atoms with van der Waals surface area (Å²) in [5.74, 6) is 0. The standard InChI is InChI=1S/C10H13NO2S/c1-14-10(13)6-11-9-4-2-8(7-12)3-5-9/h2-5,7,10-11,13H,6H2,1H3. The zero-order valence-electron chi connectivity index (χ0n) is 7.93. The van der Waals surface area contributed by atoms with Gasteiger partial charge in [-0.05, 0) is 30.5 Å². The normalized spacial score (nSPS) is 12.1. The van der Waals surface area contributed by atoms with E-state index in [0.29, 0.717) is 12.1 Å². The molecule has 1 atom stereocenters. The minimum absolute atomic E-state index is 0.402. The Kier molecular flexibility index (Phi) is 4.49. The maximum absolute atomic E-state index is 10.4. The van der Waals surface area contributed by atoms with Gasteiger partial charge in [-0.15, -0.1) is 11.8 Å². The Morgan fingerprint density at radius 1 is 1.50 bits per heavy atom. The Balaban J connectivity index is 2.47. The number of thioether (sulfide) groups is 1. The van der Waals surface area contributed by atoms with Crippen LogP contribution in [0.15, 0.2) is 24.3 Å². The van der Waals surface area contributed by atoms with Gasteiger partial charge in [0.25, 0.3) is 0 Å². The number of aliphatic hydroxyl groups is 1. The first-order chi connectivity index (χ1) is 6.76. The first kappa shape index (κ1) is 11.1. The Hall–Kier alpha value is -1.00. The molecule has 2 N–H and O–H groups in total. The minimum Gasteiger partial charge on any atom is -0.382 e. The zero-order valence-corrected chi connectivity index (χ0v) is 8.75. The van der Waals surface area contributed by atoms with Crippen LogP contribution in [-0.4, -0.2) is 29.6 Å². The lowest BCUT2D eigenvalue weighted by Crippen LogP contribution is -2.15. The van der Waals surface area contributed by atoms with E-state index < -0.39 is 5.44 Å². The zero-order chi connectivity index (χ0) is 10.4. The number of rotatable bonds is 5. The van der Waals surface area contributed by atoms with E-state index in [9.17, 15) is 9.90 Å². The molecule has 0 heterocycles. The molecule has 4 heteroatoms. The second-order valence-electron chi connectivity index (χ2n) is 2.81. The highest BCUT2D eigenvalue weighted by Gasteiger charge is 1.99. The third kappa shape index (κ3) is 3.40. The highest BCUT2D eigenvalue weighted by Crippen LogP contribution is 2.09. The van der Waals surface area contributed by atoms with Crippen LogP contribution >= 0.6 is 11.8 Å². The summed E-state index contributed by atoms with van der Waals surface area (Å²) in [6, 6.07) is 7.11. The van der Waals surface area contributed by atoms with Gasteiger partial charge in [-0.3, -0.25) is 4.79 Å². The molecule has 0 spiro atoms. The van der Waals surface area contributed by atoms with Crippen LogP contribution in [0.5, 0.6) is 0 Å². The van der Waals surface area contributed by atoms with Gasteiger partial charge >= 0.3 is 0 Å². The lowest BCUT2D eigenvalue weighted by Gasteiger charge is -2.09. The number of carbonyl (C=O) groups excluding carboxylic acids is 1. The van der Waals surface area contributed by atoms with E-state index in [-0.39, 0.29) is 0 Å². The van der Waals surface area contributed by atoms with Crippen molar-refractivity contribution in [2.24, 2.45) is 0 Å². The summed E-state index contributed by atoms with van der Waals surface area (Å²) in [7, 11) is 0. The van der Waals surface area contributed by atoms with Crippen LogP contribution < -0.4 is 5.32 Å². The maximum atomic E-state index is 10.4. The molecule has 0 aliphatic heterocycles. The van der Waals surface area contributed by atoms with Crippen LogP contribution in [0, 0.1) is 0 Å². The van der Waals surface area contributed by atoms with Gasteiger partial charge in [0.1, 0.15) is 11.7 Å². The smallest absolute Gasteiger partial charge is 0.150 e. The molecule has 0 bridgehead atoms. The van der Waals surface area contributed by atoms with Gasteiger partial charge in [0.05, 0.1) is 6.54 Å². The fraction of sp³-hybridized carbons (Fsp3) is 0.300. The Morgan fingerprint density at radius 3 is 2.64 bits per heavy atom. The number of nitrogens with one attached hydrogen (secondary N) is 1. The second kappa shape index (κ2) is 5.67. The van der Waals surface area contributed by atoms with E-state index in [1.807, 2.05) is 18.4 Å². The molecule has 0 amide bonds. The van der Waals surface area contributed by atoms with Gasteiger partial charge in [0.2, 0.25) is 0 Å². The van der Waals surface area contributed by atoms with Crippen molar-refractivity contribution in [3.05, 3.63) is 29.8 Å². The van der Waals surface area contributed by atoms with Crippen LogP contribution in [0.1, 0.15) is 10.4 Å². The first-order valence-electron chi connectivity index (χ1n) is 4.26. The van der Waals surface area contributed by atoms with E-state index in [1.54, 1.807) is 12.1 Å². The molecule has 0 aliphatic rings. The first-order valence-corrected chi connectivity index (χ1v) is 5.55. The molecule has 14 heavy (non-hydrogen) atoms. The summed E-state index contributed by atoms with van der Waals surface area (Å²) in [6.45, 7) is 0.502. The quantitative estimate of drug-likeness (QED) is 0.573. The van der Waals surface area contributed by atoms with Gasteiger partial charge in [0, 0.05) is 11.3 Å². The van der Waals surface area contributed by atoms with Crippen molar-refractivity contribution >= 4 is 23.7 Å². The number of hydrogen-bond donors (Lipinski definition) is 2. The molecule has 0 saturated carbocycles. The maximum Gasteiger partial charge on any atom is 0.150 e. The van der Waals surface area contributed by atoms with Gasteiger partial charge in [-0.1, -0.05) is 0 Å². The average Bonchev–Trinajstić information content (AvgIpc) is 2.26. The number of aliphatic hydroxyl groups excluding tert-OH is 1. The average molecular weight is 211 g/mol. The van der Waals surface area contributed by atoms with Crippen LogP contribution in [0.4, 0.5) is 5.69 Å². The highest BCUT2D eigenvalue weighted by atomic mass is 32.2. The van der Waals surface area contributed by atoms with Crippen molar-refractivity contribution in [1.29, 1.82) is 0 Å². The van der Waals surface area contributed by atoms with Gasteiger partial charge in [-0.2, -0.15) is 0 Å². The summed E-state index contributed by atoms with van der Waals surface area (Å²) in [5, 5.41) is 12.3. The van der Waals surface area contributed by atoms with Gasteiger partial charge < -0.3 is 10.4 Å². The van der Waals surface area contributed by atoms with E-state index in [4.69, 9.17) is 0 Å². The van der Waals surface area contributed by atoms with Crippen molar-refractivity contribution in [2.75, 3.05) is 18.1 Å². The lowest BCUT2D eigenvalue weighted by molar-refractivity contribution is 0.112. The van der Waals surface area contributed by atoms with E-state index >= 15 is 0 Å². The molecule has 1 unspecified atom stereocenters. The van der Waals surface area contributed by atoms with Crippen molar-refractivity contribution in [1.82, 2.24) is 0 Å². The second-order valence-corrected chi connectivity index (χ2v) is 3.83. The number of aldehydes is 1. The van der Waals surface area contributed by atoms with Gasteiger partial charge in [-0.25, -0.2) is 0 Å². The third-order valence-electron chi connectivity index (χ3n) is 1.80. The Labute approximate surface area is 87.5 Å². The summed E-state index contributed by atoms with van der Waals surface area (Å²) in [4.78, 5) is 10.4. The summed E-state index contributed by atoms with van der Waals surface area (Å²) in [5.41, 5.74) is 1.16. The molecule has 1 aromatic carbocycles. The van der Waals surface area contributed by atoms with E-state index in [0.717, 1.165) is 12.0 Å². The van der Waals surface area contributed by atoms with E-state index in [1.165, 1.54) is 11.8 Å². The minimum atomic E-state index is -0.402. The fourth-order valence-electron chi connectivity index (χ4n) is 0.968. The largest absolute Gasteiger partial charge is 0.382 e. The summed E-state index contributed by atoms with van der Waals surface area (Å²) >= 11 is 1.39. The predicted octanol–water partition coefficient (Wildman–Crippen LogP) is 1.59. The van der Waals surface area contributed by atoms with Gasteiger partial charge in [0.15, 0.2) is 0 Å². The fourth-order valence-corrected chi connectivity index (χ4v) is 1.22. The van der Waals surface area contributed by atoms with E-state index in [2.05, 4.69) is 5.32 Å². The Morgan fingerprint density at radius 2 is 2.14 bits per heavy atom. The molecule has 0 aliphatic carbocycles. The monoisotopic (exact) mass is 211 g/mol. The molecule has 0 aromatic heterocycles. The number of carbonyl (C=O) groups is 1. The molecular weight excluding hydrogens is 198 g/mol. The molecule has 1 rings (SSSR count). The van der Waals surface area contributed by atoms with Crippen molar-refractivity contribution in [2.45, 2.75) is 5.44 Å². The molecule has 1 aromatic rings. The molecule has 3 nitrogen and oxygen atoms in total. The topological polar surface area (TPSA) is 49.3 Å². The highest BCUT2D eigenvalue weighted by molar-refractivity contribution is 7.99. The molecule has 0 saturated heterocycles. The molecule has 0 radical (unpaired) electrons. The number of hydrogen-bond acceptors (Lipinski definition) is 4. The predicted molar refractivity (Wildman–Crippen MR) is 59.8 cm³/mol. The third-order valence-corrected chi connectivity index (χ3v) is 2.51. The molecule has 76 valence electrons. The molecule has 0 fully saturated rings. The lowest BCUT2D eigenvalue weighted by atomic mass is 10.2. The summed E-state index contributed by atoms with van der Waals surface area (Å²) < 4.78 is 0. The van der Waals surface area contributed by atoms with Crippen LogP contribution in [-0.2, 0) is 0 Å². The molecular formula is C10H13NO2S. The van der Waals surface area contributed by atoms with Crippen molar-refractivity contribution in [3.8, 4) is 0 Å².